The molecule has 1 aromatic carbocycles. The van der Waals surface area contributed by atoms with Crippen molar-refractivity contribution >= 4 is 11.7 Å². The maximum absolute atomic E-state index is 12.9. The summed E-state index contributed by atoms with van der Waals surface area (Å²) in [5, 5.41) is 12.1. The van der Waals surface area contributed by atoms with Crippen LogP contribution in [0.2, 0.25) is 0 Å². The van der Waals surface area contributed by atoms with Crippen LogP contribution in [0.25, 0.3) is 0 Å². The van der Waals surface area contributed by atoms with Crippen molar-refractivity contribution in [2.75, 3.05) is 0 Å². The second-order valence-electron chi connectivity index (χ2n) is 9.49. The number of hydrogen-bond donors (Lipinski definition) is 2. The number of aliphatic hydroxyl groups is 1. The highest BCUT2D eigenvalue weighted by Gasteiger charge is 2.73. The van der Waals surface area contributed by atoms with Crippen molar-refractivity contribution in [3.8, 4) is 5.75 Å². The van der Waals surface area contributed by atoms with E-state index in [1.54, 1.807) is 6.07 Å². The summed E-state index contributed by atoms with van der Waals surface area (Å²) in [5.74, 6) is 1.49. The van der Waals surface area contributed by atoms with Crippen LogP contribution in [0, 0.1) is 17.8 Å². The maximum Gasteiger partial charge on any atom is 0.252 e. The number of ether oxygens (including phenoxy) is 1. The van der Waals surface area contributed by atoms with Gasteiger partial charge in [-0.3, -0.25) is 9.59 Å². The number of Topliss-reactive ketones (excluding diaryl/α,β-unsaturated/α-hetero) is 1. The van der Waals surface area contributed by atoms with E-state index in [0.29, 0.717) is 30.1 Å². The molecule has 0 aromatic heterocycles. The molecular formula is C22H25NO4. The SMILES string of the molecule is NC(=O)c1ccc2c3c1O[C@H]1C(=O)CC[C@@]4(O)[C@@H](C2)C(CC2CC2)CCC314. The monoisotopic (exact) mass is 367 g/mol. The van der Waals surface area contributed by atoms with Crippen LogP contribution >= 0.6 is 0 Å². The van der Waals surface area contributed by atoms with Gasteiger partial charge in [0.2, 0.25) is 0 Å². The highest BCUT2D eigenvalue weighted by atomic mass is 16.5. The molecule has 3 saturated carbocycles. The number of primary amides is 1. The zero-order valence-corrected chi connectivity index (χ0v) is 15.4. The first kappa shape index (κ1) is 16.1. The van der Waals surface area contributed by atoms with E-state index < -0.39 is 23.0 Å². The van der Waals surface area contributed by atoms with Gasteiger partial charge in [0.1, 0.15) is 5.75 Å². The molecule has 1 aromatic rings. The van der Waals surface area contributed by atoms with E-state index in [9.17, 15) is 14.7 Å². The van der Waals surface area contributed by atoms with Crippen LogP contribution in [-0.2, 0) is 16.6 Å². The normalized spacial score (nSPS) is 41.1. The Bertz CT molecular complexity index is 891. The van der Waals surface area contributed by atoms with Crippen molar-refractivity contribution in [2.45, 2.75) is 68.5 Å². The standard InChI is InChI=1S/C22H25NO4/c23-20(25)14-4-3-13-10-15-12(9-11-1-2-11)5-7-21-17(13)18(14)27-19(21)16(24)6-8-22(15,21)26/h3-4,11-12,15,19,26H,1-2,5-10H2,(H2,23,25)/t12?,15-,19-,21?,22+/m0/s1. The number of rotatable bonds is 3. The molecule has 0 radical (unpaired) electrons. The highest BCUT2D eigenvalue weighted by Crippen LogP contribution is 2.67. The predicted octanol–water partition coefficient (Wildman–Crippen LogP) is 2.26. The van der Waals surface area contributed by atoms with Crippen LogP contribution in [-0.4, -0.2) is 28.5 Å². The van der Waals surface area contributed by atoms with Gasteiger partial charge in [0, 0.05) is 12.0 Å². The lowest BCUT2D eigenvalue weighted by Gasteiger charge is -2.62. The van der Waals surface area contributed by atoms with Gasteiger partial charge < -0.3 is 15.6 Å². The van der Waals surface area contributed by atoms with Crippen LogP contribution in [0.15, 0.2) is 12.1 Å². The fraction of sp³-hybridized carbons (Fsp3) is 0.636. The van der Waals surface area contributed by atoms with Crippen molar-refractivity contribution in [1.82, 2.24) is 0 Å². The molecule has 1 heterocycles. The molecular weight excluding hydrogens is 342 g/mol. The lowest BCUT2D eigenvalue weighted by atomic mass is 9.43. The number of ketones is 1. The molecule has 5 heteroatoms. The van der Waals surface area contributed by atoms with Crippen LogP contribution in [0.4, 0.5) is 0 Å². The number of benzene rings is 1. The Balaban J connectivity index is 1.58. The van der Waals surface area contributed by atoms with E-state index in [2.05, 4.69) is 0 Å². The molecule has 1 amide bonds. The van der Waals surface area contributed by atoms with Crippen molar-refractivity contribution in [2.24, 2.45) is 23.5 Å². The van der Waals surface area contributed by atoms with E-state index >= 15 is 0 Å². The average Bonchev–Trinajstić information content (AvgIpc) is 3.37. The van der Waals surface area contributed by atoms with Gasteiger partial charge in [-0.05, 0) is 61.5 Å². The molecule has 3 N–H and O–H groups in total. The summed E-state index contributed by atoms with van der Waals surface area (Å²) < 4.78 is 6.17. The third kappa shape index (κ3) is 1.79. The Morgan fingerprint density at radius 3 is 2.81 bits per heavy atom. The van der Waals surface area contributed by atoms with Gasteiger partial charge >= 0.3 is 0 Å². The highest BCUT2D eigenvalue weighted by molar-refractivity contribution is 5.98. The Kier molecular flexibility index (Phi) is 2.94. The zero-order valence-electron chi connectivity index (χ0n) is 15.4. The predicted molar refractivity (Wildman–Crippen MR) is 97.5 cm³/mol. The second-order valence-corrected chi connectivity index (χ2v) is 9.49. The minimum absolute atomic E-state index is 0.0542. The van der Waals surface area contributed by atoms with Gasteiger partial charge in [-0.15, -0.1) is 0 Å². The minimum atomic E-state index is -0.919. The number of carbonyl (C=O) groups is 2. The number of hydrogen-bond acceptors (Lipinski definition) is 4. The Morgan fingerprint density at radius 1 is 1.26 bits per heavy atom. The summed E-state index contributed by atoms with van der Waals surface area (Å²) >= 11 is 0. The first-order valence-corrected chi connectivity index (χ1v) is 10.3. The van der Waals surface area contributed by atoms with Crippen LogP contribution in [0.3, 0.4) is 0 Å². The largest absolute Gasteiger partial charge is 0.480 e. The number of nitrogens with two attached hydrogens (primary N) is 1. The lowest BCUT2D eigenvalue weighted by molar-refractivity contribution is -0.189. The maximum atomic E-state index is 12.9. The molecule has 2 bridgehead atoms. The quantitative estimate of drug-likeness (QED) is 0.857. The molecule has 5 atom stereocenters. The summed E-state index contributed by atoms with van der Waals surface area (Å²) in [5.41, 5.74) is 6.38. The van der Waals surface area contributed by atoms with Crippen molar-refractivity contribution in [3.63, 3.8) is 0 Å². The molecule has 4 aliphatic carbocycles. The van der Waals surface area contributed by atoms with Crippen LogP contribution in [0.5, 0.6) is 5.75 Å². The molecule has 27 heavy (non-hydrogen) atoms. The van der Waals surface area contributed by atoms with E-state index in [1.807, 2.05) is 6.07 Å². The zero-order chi connectivity index (χ0) is 18.6. The van der Waals surface area contributed by atoms with Crippen molar-refractivity contribution in [3.05, 3.63) is 28.8 Å². The molecule has 2 unspecified atom stereocenters. The molecule has 1 spiro atoms. The minimum Gasteiger partial charge on any atom is -0.480 e. The van der Waals surface area contributed by atoms with Crippen molar-refractivity contribution in [1.29, 1.82) is 0 Å². The summed E-state index contributed by atoms with van der Waals surface area (Å²) in [6.45, 7) is 0. The fourth-order valence-electron chi connectivity index (χ4n) is 7.03. The fourth-order valence-corrected chi connectivity index (χ4v) is 7.03. The number of amides is 1. The summed E-state index contributed by atoms with van der Waals surface area (Å²) in [6.07, 6.45) is 6.62. The molecule has 6 rings (SSSR count). The lowest BCUT2D eigenvalue weighted by Crippen LogP contribution is -2.71. The van der Waals surface area contributed by atoms with Gasteiger partial charge in [-0.2, -0.15) is 0 Å². The Hall–Kier alpha value is -1.88. The topological polar surface area (TPSA) is 89.6 Å². The van der Waals surface area contributed by atoms with Crippen LogP contribution in [0.1, 0.15) is 66.4 Å². The van der Waals surface area contributed by atoms with E-state index in [-0.39, 0.29) is 11.7 Å². The van der Waals surface area contributed by atoms with E-state index in [1.165, 1.54) is 19.3 Å². The first-order valence-electron chi connectivity index (χ1n) is 10.3. The molecule has 0 saturated heterocycles. The smallest absolute Gasteiger partial charge is 0.252 e. The second kappa shape index (κ2) is 4.93. The van der Waals surface area contributed by atoms with Crippen molar-refractivity contribution < 1.29 is 19.4 Å². The Morgan fingerprint density at radius 2 is 2.07 bits per heavy atom. The summed E-state index contributed by atoms with van der Waals surface area (Å²) in [4.78, 5) is 24.8. The third-order valence-corrected chi connectivity index (χ3v) is 8.32. The summed E-state index contributed by atoms with van der Waals surface area (Å²) in [6, 6.07) is 3.72. The molecule has 3 fully saturated rings. The average molecular weight is 367 g/mol. The number of carbonyl (C=O) groups excluding carboxylic acids is 2. The molecule has 5 nitrogen and oxygen atoms in total. The van der Waals surface area contributed by atoms with Gasteiger partial charge in [0.05, 0.1) is 16.6 Å². The first-order chi connectivity index (χ1) is 13.0. The van der Waals surface area contributed by atoms with Crippen LogP contribution < -0.4 is 10.5 Å². The van der Waals surface area contributed by atoms with Gasteiger partial charge in [0.25, 0.3) is 5.91 Å². The van der Waals surface area contributed by atoms with E-state index in [4.69, 9.17) is 10.5 Å². The molecule has 5 aliphatic rings. The summed E-state index contributed by atoms with van der Waals surface area (Å²) in [7, 11) is 0. The molecule has 1 aliphatic heterocycles. The van der Waals surface area contributed by atoms with Gasteiger partial charge in [0.15, 0.2) is 11.9 Å². The molecule has 142 valence electrons. The van der Waals surface area contributed by atoms with Gasteiger partial charge in [-0.25, -0.2) is 0 Å². The third-order valence-electron chi connectivity index (χ3n) is 8.32. The van der Waals surface area contributed by atoms with Gasteiger partial charge in [-0.1, -0.05) is 18.9 Å². The van der Waals surface area contributed by atoms with E-state index in [0.717, 1.165) is 36.3 Å². The Labute approximate surface area is 158 Å².